The van der Waals surface area contributed by atoms with Gasteiger partial charge in [-0.3, -0.25) is 0 Å². The second kappa shape index (κ2) is 8.05. The van der Waals surface area contributed by atoms with E-state index >= 15 is 0 Å². The first-order valence-electron chi connectivity index (χ1n) is 9.28. The summed E-state index contributed by atoms with van der Waals surface area (Å²) >= 11 is 0. The van der Waals surface area contributed by atoms with E-state index in [1.54, 1.807) is 0 Å². The molecule has 5 aromatic rings. The summed E-state index contributed by atoms with van der Waals surface area (Å²) in [5.74, 6) is 3.08. The van der Waals surface area contributed by atoms with Crippen LogP contribution in [0.5, 0.6) is 23.0 Å². The number of hydrogen-bond donors (Lipinski definition) is 0. The Labute approximate surface area is 169 Å². The Morgan fingerprint density at radius 3 is 0.862 bits per heavy atom. The van der Waals surface area contributed by atoms with Gasteiger partial charge in [-0.05, 0) is 57.9 Å². The third-order valence-electron chi connectivity index (χ3n) is 4.75. The van der Waals surface area contributed by atoms with Crippen LogP contribution in [0.25, 0.3) is 21.5 Å². The maximum atomic E-state index is 5.65. The van der Waals surface area contributed by atoms with Crippen LogP contribution in [0.4, 0.5) is 0 Å². The molecule has 1 aliphatic heterocycles. The van der Waals surface area contributed by atoms with Crippen LogP contribution >= 0.6 is 0 Å². The van der Waals surface area contributed by atoms with Crippen LogP contribution in [-0.4, -0.2) is 5.48 Å². The van der Waals surface area contributed by atoms with E-state index in [1.807, 2.05) is 48.5 Å². The Balaban J connectivity index is 0.000000137. The molecule has 3 heteroatoms. The molecule has 0 unspecified atom stereocenters. The highest BCUT2D eigenvalue weighted by molar-refractivity contribution is 5.98. The van der Waals surface area contributed by atoms with Gasteiger partial charge in [-0.1, -0.05) is 72.8 Å². The van der Waals surface area contributed by atoms with Crippen LogP contribution in [0, 0.1) is 0 Å². The summed E-state index contributed by atoms with van der Waals surface area (Å²) in [6, 6.07) is 36.7. The zero-order valence-corrected chi connectivity index (χ0v) is 15.7. The molecule has 0 spiro atoms. The van der Waals surface area contributed by atoms with Gasteiger partial charge < -0.3 is 14.9 Å². The molecule has 0 saturated carbocycles. The van der Waals surface area contributed by atoms with Gasteiger partial charge in [-0.25, -0.2) is 0 Å². The molecule has 142 valence electrons. The minimum atomic E-state index is 0. The maximum Gasteiger partial charge on any atom is 0.170 e. The van der Waals surface area contributed by atoms with Crippen LogP contribution < -0.4 is 9.47 Å². The van der Waals surface area contributed by atoms with Gasteiger partial charge in [-0.2, -0.15) is 0 Å². The molecule has 0 saturated heterocycles. The van der Waals surface area contributed by atoms with E-state index in [4.69, 9.17) is 9.47 Å². The first-order valence-corrected chi connectivity index (χ1v) is 9.28. The van der Waals surface area contributed by atoms with Crippen molar-refractivity contribution in [1.29, 1.82) is 0 Å². The maximum absolute atomic E-state index is 5.65. The summed E-state index contributed by atoms with van der Waals surface area (Å²) in [5, 5.41) is 5.25. The predicted molar refractivity (Wildman–Crippen MR) is 118 cm³/mol. The summed E-state index contributed by atoms with van der Waals surface area (Å²) in [6.07, 6.45) is 0. The second-order valence-corrected chi connectivity index (χ2v) is 6.64. The van der Waals surface area contributed by atoms with Crippen molar-refractivity contribution in [3.8, 4) is 23.0 Å². The Morgan fingerprint density at radius 2 is 0.586 bits per heavy atom. The van der Waals surface area contributed by atoms with Crippen molar-refractivity contribution in [2.75, 3.05) is 0 Å². The van der Waals surface area contributed by atoms with Crippen molar-refractivity contribution in [2.24, 2.45) is 0 Å². The normalized spacial score (nSPS) is 11.0. The zero-order valence-electron chi connectivity index (χ0n) is 15.7. The van der Waals surface area contributed by atoms with Crippen molar-refractivity contribution in [3.63, 3.8) is 0 Å². The molecule has 0 amide bonds. The van der Waals surface area contributed by atoms with Gasteiger partial charge in [0.2, 0.25) is 0 Å². The highest BCUT2D eigenvalue weighted by atomic mass is 16.6. The molecule has 0 radical (unpaired) electrons. The summed E-state index contributed by atoms with van der Waals surface area (Å²) in [7, 11) is 0. The molecular formula is C26H20O3. The van der Waals surface area contributed by atoms with Gasteiger partial charge in [0.15, 0.2) is 23.0 Å². The van der Waals surface area contributed by atoms with Crippen molar-refractivity contribution in [3.05, 3.63) is 109 Å². The number of hydrogen-bond acceptors (Lipinski definition) is 2. The molecule has 0 aliphatic carbocycles. The van der Waals surface area contributed by atoms with Crippen LogP contribution in [0.1, 0.15) is 0 Å². The summed E-state index contributed by atoms with van der Waals surface area (Å²) in [5.41, 5.74) is 0. The molecule has 0 bridgehead atoms. The molecular weight excluding hydrogens is 360 g/mol. The Kier molecular flexibility index (Phi) is 5.14. The SMILES string of the molecule is O.c1ccc2c(c1)Oc1ccccc1O2.c1ccc2cc3ccccc3cc2c1. The van der Waals surface area contributed by atoms with E-state index in [0.29, 0.717) is 0 Å². The van der Waals surface area contributed by atoms with Gasteiger partial charge in [0.05, 0.1) is 0 Å². The number of para-hydroxylation sites is 4. The fourth-order valence-electron chi connectivity index (χ4n) is 3.36. The van der Waals surface area contributed by atoms with E-state index in [9.17, 15) is 0 Å². The summed E-state index contributed by atoms with van der Waals surface area (Å²) in [4.78, 5) is 0. The van der Waals surface area contributed by atoms with Gasteiger partial charge in [-0.15, -0.1) is 0 Å². The average Bonchev–Trinajstić information content (AvgIpc) is 2.76. The smallest absolute Gasteiger partial charge is 0.170 e. The van der Waals surface area contributed by atoms with Gasteiger partial charge in [0.25, 0.3) is 0 Å². The Hall–Kier alpha value is -3.82. The lowest BCUT2D eigenvalue weighted by molar-refractivity contribution is 0.359. The molecule has 2 N–H and O–H groups in total. The molecule has 3 nitrogen and oxygen atoms in total. The molecule has 1 heterocycles. The number of rotatable bonds is 0. The average molecular weight is 380 g/mol. The Morgan fingerprint density at radius 1 is 0.345 bits per heavy atom. The number of benzene rings is 5. The fourth-order valence-corrected chi connectivity index (χ4v) is 3.36. The minimum absolute atomic E-state index is 0. The van der Waals surface area contributed by atoms with Crippen LogP contribution in [0.2, 0.25) is 0 Å². The third kappa shape index (κ3) is 3.77. The third-order valence-corrected chi connectivity index (χ3v) is 4.75. The lowest BCUT2D eigenvalue weighted by Gasteiger charge is -2.19. The quantitative estimate of drug-likeness (QED) is 0.274. The van der Waals surface area contributed by atoms with Crippen molar-refractivity contribution in [1.82, 2.24) is 0 Å². The second-order valence-electron chi connectivity index (χ2n) is 6.64. The van der Waals surface area contributed by atoms with E-state index in [0.717, 1.165) is 23.0 Å². The zero-order chi connectivity index (χ0) is 18.8. The first-order chi connectivity index (χ1) is 13.9. The molecule has 1 aliphatic rings. The monoisotopic (exact) mass is 380 g/mol. The first kappa shape index (κ1) is 18.5. The van der Waals surface area contributed by atoms with Crippen LogP contribution in [0.15, 0.2) is 109 Å². The van der Waals surface area contributed by atoms with Gasteiger partial charge in [0, 0.05) is 0 Å². The highest BCUT2D eigenvalue weighted by Crippen LogP contribution is 2.44. The molecule has 0 aromatic heterocycles. The molecule has 0 fully saturated rings. The fraction of sp³-hybridized carbons (Fsp3) is 0. The van der Waals surface area contributed by atoms with Crippen molar-refractivity contribution >= 4 is 21.5 Å². The highest BCUT2D eigenvalue weighted by Gasteiger charge is 2.16. The number of fused-ring (bicyclic) bond motifs is 4. The molecule has 6 rings (SSSR count). The molecule has 0 atom stereocenters. The van der Waals surface area contributed by atoms with E-state index < -0.39 is 0 Å². The number of ether oxygens (including phenoxy) is 2. The Bertz CT molecular complexity index is 1080. The van der Waals surface area contributed by atoms with Crippen molar-refractivity contribution in [2.45, 2.75) is 0 Å². The van der Waals surface area contributed by atoms with Gasteiger partial charge >= 0.3 is 0 Å². The minimum Gasteiger partial charge on any atom is -0.450 e. The van der Waals surface area contributed by atoms with E-state index in [-0.39, 0.29) is 5.48 Å². The van der Waals surface area contributed by atoms with E-state index in [1.165, 1.54) is 21.5 Å². The summed E-state index contributed by atoms with van der Waals surface area (Å²) < 4.78 is 11.3. The largest absolute Gasteiger partial charge is 0.450 e. The lowest BCUT2D eigenvalue weighted by Crippen LogP contribution is -1.97. The summed E-state index contributed by atoms with van der Waals surface area (Å²) in [6.45, 7) is 0. The van der Waals surface area contributed by atoms with E-state index in [2.05, 4.69) is 60.7 Å². The standard InChI is InChI=1S/C14H10.C12H8O2.H2O/c1-2-6-12-10-14-8-4-3-7-13(14)9-11(12)5-1;1-2-6-10-9(5-1)13-11-7-3-4-8-12(11)14-10;/h1-10H;1-8H;1H2. The van der Waals surface area contributed by atoms with Crippen LogP contribution in [0.3, 0.4) is 0 Å². The predicted octanol–water partition coefficient (Wildman–Crippen LogP) is 6.75. The molecule has 29 heavy (non-hydrogen) atoms. The van der Waals surface area contributed by atoms with Gasteiger partial charge in [0.1, 0.15) is 0 Å². The molecule has 5 aromatic carbocycles. The lowest BCUT2D eigenvalue weighted by atomic mass is 10.0. The van der Waals surface area contributed by atoms with Crippen molar-refractivity contribution < 1.29 is 14.9 Å². The topological polar surface area (TPSA) is 50.0 Å². The van der Waals surface area contributed by atoms with Crippen LogP contribution in [-0.2, 0) is 0 Å².